The predicted molar refractivity (Wildman–Crippen MR) is 133 cm³/mol. The second-order valence-electron chi connectivity index (χ2n) is 10.0. The third-order valence-electron chi connectivity index (χ3n) is 6.07. The molecule has 1 aromatic rings. The number of amides is 1. The first-order chi connectivity index (χ1) is 16.8. The van der Waals surface area contributed by atoms with Gasteiger partial charge in [-0.3, -0.25) is 4.90 Å². The van der Waals surface area contributed by atoms with Crippen molar-refractivity contribution in [1.82, 2.24) is 4.90 Å². The monoisotopic (exact) mass is 510 g/mol. The molecule has 9 nitrogen and oxygen atoms in total. The maximum atomic E-state index is 14.5. The Morgan fingerprint density at radius 2 is 1.75 bits per heavy atom. The number of esters is 1. The third kappa shape index (κ3) is 8.36. The van der Waals surface area contributed by atoms with Crippen LogP contribution >= 0.6 is 0 Å². The van der Waals surface area contributed by atoms with Crippen molar-refractivity contribution >= 4 is 23.7 Å². The van der Waals surface area contributed by atoms with E-state index in [1.807, 2.05) is 12.1 Å². The highest BCUT2D eigenvalue weighted by Crippen LogP contribution is 2.25. The van der Waals surface area contributed by atoms with E-state index in [2.05, 4.69) is 4.90 Å². The van der Waals surface area contributed by atoms with Crippen LogP contribution in [-0.4, -0.2) is 85.3 Å². The fourth-order valence-electron chi connectivity index (χ4n) is 4.13. The fraction of sp³-hybridized carbons (Fsp3) is 0.654. The minimum absolute atomic E-state index is 0.0741. The molecule has 1 aliphatic rings. The number of aliphatic carboxylic acids is 1. The Morgan fingerprint density at radius 1 is 1.17 bits per heavy atom. The molecule has 0 saturated carbocycles. The molecule has 202 valence electrons. The Bertz CT molecular complexity index is 879. The van der Waals surface area contributed by atoms with Gasteiger partial charge < -0.3 is 24.2 Å². The second-order valence-corrected chi connectivity index (χ2v) is 10.0. The molecule has 0 bridgehead atoms. The molecule has 4 atom stereocenters. The minimum atomic E-state index is -1.51. The zero-order chi connectivity index (χ0) is 27.0. The molecule has 0 spiro atoms. The van der Waals surface area contributed by atoms with Crippen LogP contribution in [0.1, 0.15) is 46.6 Å². The number of nitrogens with zero attached hydrogens (tertiary/aromatic N) is 2. The fourth-order valence-corrected chi connectivity index (χ4v) is 4.13. The van der Waals surface area contributed by atoms with E-state index >= 15 is 0 Å². The van der Waals surface area contributed by atoms with E-state index in [1.165, 1.54) is 14.0 Å². The van der Waals surface area contributed by atoms with E-state index < -0.39 is 47.9 Å². The largest absolute Gasteiger partial charge is 0.478 e. The molecule has 0 aliphatic carbocycles. The van der Waals surface area contributed by atoms with Gasteiger partial charge in [0.05, 0.1) is 13.2 Å². The Hall–Kier alpha value is -2.88. The lowest BCUT2D eigenvalue weighted by atomic mass is 9.91. The highest BCUT2D eigenvalue weighted by molar-refractivity contribution is 5.84. The molecule has 2 rings (SSSR count). The zero-order valence-electron chi connectivity index (χ0n) is 22.0. The lowest BCUT2D eigenvalue weighted by Gasteiger charge is -2.35. The summed E-state index contributed by atoms with van der Waals surface area (Å²) in [6.45, 7) is 10.8. The van der Waals surface area contributed by atoms with Gasteiger partial charge in [-0.1, -0.05) is 19.1 Å². The Morgan fingerprint density at radius 3 is 2.22 bits per heavy atom. The number of hydrogen-bond acceptors (Lipinski definition) is 7. The maximum Gasteiger partial charge on any atom is 0.410 e. The molecular weight excluding hydrogens is 471 g/mol. The molecule has 2 unspecified atom stereocenters. The summed E-state index contributed by atoms with van der Waals surface area (Å²) in [5.74, 6) is -3.23. The van der Waals surface area contributed by atoms with Crippen molar-refractivity contribution in [2.24, 2.45) is 5.92 Å². The summed E-state index contributed by atoms with van der Waals surface area (Å²) in [6.07, 6.45) is -3.63. The maximum absolute atomic E-state index is 14.5. The van der Waals surface area contributed by atoms with Gasteiger partial charge in [-0.05, 0) is 51.8 Å². The normalized spacial score (nSPS) is 17.5. The summed E-state index contributed by atoms with van der Waals surface area (Å²) in [5.41, 5.74) is 0.822. The van der Waals surface area contributed by atoms with Gasteiger partial charge in [0.15, 0.2) is 0 Å². The van der Waals surface area contributed by atoms with Crippen molar-refractivity contribution in [3.05, 3.63) is 29.8 Å². The number of alkyl halides is 1. The predicted octanol–water partition coefficient (Wildman–Crippen LogP) is 3.68. The van der Waals surface area contributed by atoms with E-state index in [4.69, 9.17) is 14.2 Å². The standard InChI is InChI=1S/C26H39FN2O7/c1-7-20(17(2)27)22(28(6)25(33)36-26(3,4)5)24(32)35-21(23(30)31)16-18-8-10-19(11-9-18)29-12-14-34-15-13-29/h8-11,17,20-22H,7,12-16H2,1-6H3,(H,30,31)/t17?,20?,21-,22+/m1/s1. The van der Waals surface area contributed by atoms with Crippen molar-refractivity contribution in [3.8, 4) is 0 Å². The minimum Gasteiger partial charge on any atom is -0.478 e. The molecular formula is C26H39FN2O7. The van der Waals surface area contributed by atoms with Crippen molar-refractivity contribution in [3.63, 3.8) is 0 Å². The quantitative estimate of drug-likeness (QED) is 0.475. The lowest BCUT2D eigenvalue weighted by Crippen LogP contribution is -2.52. The Balaban J connectivity index is 2.19. The van der Waals surface area contributed by atoms with Gasteiger partial charge in [-0.2, -0.15) is 0 Å². The molecule has 36 heavy (non-hydrogen) atoms. The van der Waals surface area contributed by atoms with Gasteiger partial charge in [0.2, 0.25) is 6.10 Å². The lowest BCUT2D eigenvalue weighted by molar-refractivity contribution is -0.169. The summed E-state index contributed by atoms with van der Waals surface area (Å²) in [6, 6.07) is 6.00. The second kappa shape index (κ2) is 12.9. The SMILES string of the molecule is CCC(C(C)F)[C@@H](C(=O)O[C@H](Cc1ccc(N2CCOCC2)cc1)C(=O)O)N(C)C(=O)OC(C)(C)C. The van der Waals surface area contributed by atoms with Crippen LogP contribution in [0.15, 0.2) is 24.3 Å². The van der Waals surface area contributed by atoms with Gasteiger partial charge in [0.1, 0.15) is 17.8 Å². The number of likely N-dealkylation sites (N-methyl/N-ethyl adjacent to an activating group) is 1. The molecule has 1 heterocycles. The Kier molecular flexibility index (Phi) is 10.5. The summed E-state index contributed by atoms with van der Waals surface area (Å²) in [4.78, 5) is 41.0. The summed E-state index contributed by atoms with van der Waals surface area (Å²) in [5, 5.41) is 9.75. The van der Waals surface area contributed by atoms with E-state index in [0.29, 0.717) is 18.8 Å². The number of carbonyl (C=O) groups is 3. The highest BCUT2D eigenvalue weighted by Gasteiger charge is 2.41. The highest BCUT2D eigenvalue weighted by atomic mass is 19.1. The van der Waals surface area contributed by atoms with Crippen LogP contribution in [0.25, 0.3) is 0 Å². The average Bonchev–Trinajstić information content (AvgIpc) is 2.81. The number of anilines is 1. The molecule has 1 fully saturated rings. The average molecular weight is 511 g/mol. The number of benzene rings is 1. The summed E-state index contributed by atoms with van der Waals surface area (Å²) in [7, 11) is 1.32. The van der Waals surface area contributed by atoms with Crippen LogP contribution < -0.4 is 4.90 Å². The molecule has 0 radical (unpaired) electrons. The number of rotatable bonds is 10. The van der Waals surface area contributed by atoms with Crippen molar-refractivity contribution in [2.75, 3.05) is 38.3 Å². The number of morpholine rings is 1. The van der Waals surface area contributed by atoms with Crippen molar-refractivity contribution < 1.29 is 38.1 Å². The van der Waals surface area contributed by atoms with Crippen LogP contribution in [0.2, 0.25) is 0 Å². The number of hydrogen-bond donors (Lipinski definition) is 1. The van der Waals surface area contributed by atoms with Gasteiger partial charge in [-0.15, -0.1) is 0 Å². The smallest absolute Gasteiger partial charge is 0.410 e. The van der Waals surface area contributed by atoms with Crippen LogP contribution in [-0.2, 0) is 30.2 Å². The van der Waals surface area contributed by atoms with Crippen LogP contribution in [0.5, 0.6) is 0 Å². The van der Waals surface area contributed by atoms with E-state index in [0.717, 1.165) is 23.7 Å². The molecule has 1 saturated heterocycles. The van der Waals surface area contributed by atoms with Gasteiger partial charge in [0.25, 0.3) is 0 Å². The number of ether oxygens (including phenoxy) is 3. The number of halogens is 1. The van der Waals surface area contributed by atoms with Crippen molar-refractivity contribution in [1.29, 1.82) is 0 Å². The first-order valence-corrected chi connectivity index (χ1v) is 12.3. The third-order valence-corrected chi connectivity index (χ3v) is 6.07. The van der Waals surface area contributed by atoms with Gasteiger partial charge in [-0.25, -0.2) is 18.8 Å². The summed E-state index contributed by atoms with van der Waals surface area (Å²) < 4.78 is 30.5. The Labute approximate surface area is 212 Å². The van der Waals surface area contributed by atoms with Crippen LogP contribution in [0.4, 0.5) is 14.9 Å². The zero-order valence-corrected chi connectivity index (χ0v) is 22.0. The van der Waals surface area contributed by atoms with Gasteiger partial charge in [0, 0.05) is 38.2 Å². The number of carboxylic acid groups (broad SMARTS) is 1. The first kappa shape index (κ1) is 29.4. The van der Waals surface area contributed by atoms with Crippen molar-refractivity contribution in [2.45, 2.75) is 71.4 Å². The molecule has 1 amide bonds. The van der Waals surface area contributed by atoms with Gasteiger partial charge >= 0.3 is 18.0 Å². The molecule has 0 aromatic heterocycles. The summed E-state index contributed by atoms with van der Waals surface area (Å²) >= 11 is 0. The van der Waals surface area contributed by atoms with E-state index in [9.17, 15) is 23.9 Å². The molecule has 1 aromatic carbocycles. The molecule has 1 N–H and O–H groups in total. The first-order valence-electron chi connectivity index (χ1n) is 12.3. The topological polar surface area (TPSA) is 106 Å². The van der Waals surface area contributed by atoms with Crippen LogP contribution in [0.3, 0.4) is 0 Å². The number of carbonyl (C=O) groups excluding carboxylic acids is 2. The molecule has 10 heteroatoms. The number of carboxylic acids is 1. The van der Waals surface area contributed by atoms with E-state index in [1.54, 1.807) is 39.8 Å². The van der Waals surface area contributed by atoms with E-state index in [-0.39, 0.29) is 12.8 Å². The van der Waals surface area contributed by atoms with Crippen LogP contribution in [0, 0.1) is 5.92 Å². The molecule has 1 aliphatic heterocycles.